The van der Waals surface area contributed by atoms with Crippen molar-refractivity contribution in [3.8, 4) is 0 Å². The van der Waals surface area contributed by atoms with Crippen LogP contribution in [0.5, 0.6) is 0 Å². The molecule has 1 atom stereocenters. The highest BCUT2D eigenvalue weighted by Crippen LogP contribution is 2.30. The zero-order valence-electron chi connectivity index (χ0n) is 13.9. The molecule has 0 bridgehead atoms. The van der Waals surface area contributed by atoms with Gasteiger partial charge in [0.15, 0.2) is 11.4 Å². The largest absolute Gasteiger partial charge is 0.377 e. The van der Waals surface area contributed by atoms with Gasteiger partial charge in [-0.3, -0.25) is 4.79 Å². The molecular weight excluding hydrogens is 308 g/mol. The fourth-order valence-electron chi connectivity index (χ4n) is 2.81. The SMILES string of the molecule is O=C(c1ccccc1)C(O)(CC=Cc1ccccc1)c1ccccc1. The first-order valence-corrected chi connectivity index (χ1v) is 8.29. The maximum Gasteiger partial charge on any atom is 0.199 e. The molecule has 1 N–H and O–H groups in total. The van der Waals surface area contributed by atoms with Crippen LogP contribution in [0.1, 0.15) is 27.9 Å². The lowest BCUT2D eigenvalue weighted by Gasteiger charge is -2.26. The van der Waals surface area contributed by atoms with Crippen LogP contribution in [0, 0.1) is 0 Å². The van der Waals surface area contributed by atoms with Crippen LogP contribution < -0.4 is 0 Å². The fraction of sp³-hybridized carbons (Fsp3) is 0.0870. The summed E-state index contributed by atoms with van der Waals surface area (Å²) in [4.78, 5) is 13.0. The maximum absolute atomic E-state index is 13.0. The van der Waals surface area contributed by atoms with Crippen molar-refractivity contribution in [3.63, 3.8) is 0 Å². The van der Waals surface area contributed by atoms with Crippen LogP contribution in [0.25, 0.3) is 6.08 Å². The molecule has 0 aromatic heterocycles. The summed E-state index contributed by atoms with van der Waals surface area (Å²) in [6, 6.07) is 27.9. The number of rotatable bonds is 6. The van der Waals surface area contributed by atoms with Crippen molar-refractivity contribution in [2.75, 3.05) is 0 Å². The summed E-state index contributed by atoms with van der Waals surface area (Å²) in [5, 5.41) is 11.3. The van der Waals surface area contributed by atoms with Crippen molar-refractivity contribution in [2.24, 2.45) is 0 Å². The average Bonchev–Trinajstić information content (AvgIpc) is 2.69. The first kappa shape index (κ1) is 16.9. The number of carbonyl (C=O) groups is 1. The van der Waals surface area contributed by atoms with Gasteiger partial charge in [0.05, 0.1) is 0 Å². The zero-order valence-corrected chi connectivity index (χ0v) is 13.9. The summed E-state index contributed by atoms with van der Waals surface area (Å²) in [6.07, 6.45) is 3.98. The molecule has 0 aliphatic carbocycles. The monoisotopic (exact) mass is 328 g/mol. The molecular formula is C23H20O2. The Labute approximate surface area is 148 Å². The van der Waals surface area contributed by atoms with E-state index in [1.165, 1.54) is 0 Å². The Hall–Kier alpha value is -2.97. The van der Waals surface area contributed by atoms with E-state index in [1.54, 1.807) is 36.4 Å². The molecule has 2 heteroatoms. The Morgan fingerprint density at radius 2 is 1.32 bits per heavy atom. The standard InChI is InChI=1S/C23H20O2/c24-22(20-14-6-2-7-15-20)23(25,21-16-8-3-9-17-21)18-10-13-19-11-4-1-5-12-19/h1-17,25H,18H2. The smallest absolute Gasteiger partial charge is 0.199 e. The van der Waals surface area contributed by atoms with E-state index in [-0.39, 0.29) is 12.2 Å². The van der Waals surface area contributed by atoms with E-state index < -0.39 is 5.60 Å². The van der Waals surface area contributed by atoms with Crippen LogP contribution in [0.15, 0.2) is 97.1 Å². The minimum atomic E-state index is -1.59. The third-order valence-electron chi connectivity index (χ3n) is 4.19. The lowest BCUT2D eigenvalue weighted by Crippen LogP contribution is -2.35. The van der Waals surface area contributed by atoms with Crippen molar-refractivity contribution in [1.29, 1.82) is 0 Å². The second kappa shape index (κ2) is 7.73. The third-order valence-corrected chi connectivity index (χ3v) is 4.19. The van der Waals surface area contributed by atoms with Gasteiger partial charge < -0.3 is 5.11 Å². The molecule has 0 radical (unpaired) electrons. The molecule has 0 amide bonds. The highest BCUT2D eigenvalue weighted by molar-refractivity contribution is 6.03. The highest BCUT2D eigenvalue weighted by atomic mass is 16.3. The van der Waals surface area contributed by atoms with Gasteiger partial charge in [-0.1, -0.05) is 103 Å². The van der Waals surface area contributed by atoms with Gasteiger partial charge in [0.2, 0.25) is 0 Å². The quantitative estimate of drug-likeness (QED) is 0.656. The number of Topliss-reactive ketones (excluding diaryl/α,β-unsaturated/α-hetero) is 1. The van der Waals surface area contributed by atoms with E-state index in [9.17, 15) is 9.90 Å². The van der Waals surface area contributed by atoms with E-state index in [0.29, 0.717) is 11.1 Å². The van der Waals surface area contributed by atoms with Gasteiger partial charge in [-0.25, -0.2) is 0 Å². The maximum atomic E-state index is 13.0. The summed E-state index contributed by atoms with van der Waals surface area (Å²) in [6.45, 7) is 0. The van der Waals surface area contributed by atoms with Crippen LogP contribution in [0.2, 0.25) is 0 Å². The Kier molecular flexibility index (Phi) is 5.22. The number of hydrogen-bond donors (Lipinski definition) is 1. The topological polar surface area (TPSA) is 37.3 Å². The van der Waals surface area contributed by atoms with Crippen molar-refractivity contribution in [2.45, 2.75) is 12.0 Å². The van der Waals surface area contributed by atoms with Gasteiger partial charge in [0, 0.05) is 12.0 Å². The molecule has 3 rings (SSSR count). The second-order valence-electron chi connectivity index (χ2n) is 5.94. The van der Waals surface area contributed by atoms with Crippen molar-refractivity contribution in [3.05, 3.63) is 114 Å². The summed E-state index contributed by atoms with van der Waals surface area (Å²) in [7, 11) is 0. The van der Waals surface area contributed by atoms with E-state index in [2.05, 4.69) is 0 Å². The predicted molar refractivity (Wildman–Crippen MR) is 101 cm³/mol. The van der Waals surface area contributed by atoms with Crippen LogP contribution in [-0.4, -0.2) is 10.9 Å². The molecule has 25 heavy (non-hydrogen) atoms. The van der Waals surface area contributed by atoms with E-state index in [4.69, 9.17) is 0 Å². The Balaban J connectivity index is 1.92. The molecule has 0 fully saturated rings. The highest BCUT2D eigenvalue weighted by Gasteiger charge is 2.37. The summed E-state index contributed by atoms with van der Waals surface area (Å²) in [5.74, 6) is -0.294. The van der Waals surface area contributed by atoms with Gasteiger partial charge in [0.25, 0.3) is 0 Å². The minimum Gasteiger partial charge on any atom is -0.377 e. The number of aliphatic hydroxyl groups is 1. The van der Waals surface area contributed by atoms with E-state index in [1.807, 2.05) is 66.7 Å². The molecule has 3 aromatic rings. The van der Waals surface area contributed by atoms with E-state index >= 15 is 0 Å². The normalized spacial score (nSPS) is 13.5. The van der Waals surface area contributed by atoms with E-state index in [0.717, 1.165) is 5.56 Å². The predicted octanol–water partition coefficient (Wildman–Crippen LogP) is 4.86. The van der Waals surface area contributed by atoms with Gasteiger partial charge in [-0.15, -0.1) is 0 Å². The first-order valence-electron chi connectivity index (χ1n) is 8.29. The molecule has 0 saturated carbocycles. The molecule has 0 aliphatic rings. The van der Waals surface area contributed by atoms with Crippen LogP contribution in [0.4, 0.5) is 0 Å². The van der Waals surface area contributed by atoms with Crippen LogP contribution in [0.3, 0.4) is 0 Å². The molecule has 0 spiro atoms. The van der Waals surface area contributed by atoms with Gasteiger partial charge >= 0.3 is 0 Å². The lowest BCUT2D eigenvalue weighted by atomic mass is 9.83. The minimum absolute atomic E-state index is 0.208. The summed E-state index contributed by atoms with van der Waals surface area (Å²) >= 11 is 0. The van der Waals surface area contributed by atoms with Crippen LogP contribution >= 0.6 is 0 Å². The number of benzene rings is 3. The molecule has 0 heterocycles. The summed E-state index contributed by atoms with van der Waals surface area (Å²) in [5.41, 5.74) is 0.544. The third kappa shape index (κ3) is 3.93. The number of carbonyl (C=O) groups excluding carboxylic acids is 1. The molecule has 0 saturated heterocycles. The molecule has 3 aromatic carbocycles. The Bertz CT molecular complexity index is 839. The molecule has 0 aliphatic heterocycles. The van der Waals surface area contributed by atoms with Crippen molar-refractivity contribution < 1.29 is 9.90 Å². The zero-order chi connectivity index (χ0) is 17.5. The van der Waals surface area contributed by atoms with Gasteiger partial charge in [-0.05, 0) is 11.1 Å². The first-order chi connectivity index (χ1) is 12.2. The van der Waals surface area contributed by atoms with Gasteiger partial charge in [0.1, 0.15) is 0 Å². The van der Waals surface area contributed by atoms with Crippen molar-refractivity contribution in [1.82, 2.24) is 0 Å². The van der Waals surface area contributed by atoms with Crippen molar-refractivity contribution >= 4 is 11.9 Å². The number of ketones is 1. The number of hydrogen-bond acceptors (Lipinski definition) is 2. The average molecular weight is 328 g/mol. The molecule has 1 unspecified atom stereocenters. The van der Waals surface area contributed by atoms with Gasteiger partial charge in [-0.2, -0.15) is 0 Å². The Morgan fingerprint density at radius 3 is 1.92 bits per heavy atom. The molecule has 124 valence electrons. The summed E-state index contributed by atoms with van der Waals surface area (Å²) < 4.78 is 0. The Morgan fingerprint density at radius 1 is 0.800 bits per heavy atom. The second-order valence-corrected chi connectivity index (χ2v) is 5.94. The lowest BCUT2D eigenvalue weighted by molar-refractivity contribution is 0.0313. The molecule has 2 nitrogen and oxygen atoms in total. The fourth-order valence-corrected chi connectivity index (χ4v) is 2.81. The van der Waals surface area contributed by atoms with Crippen LogP contribution in [-0.2, 0) is 5.60 Å².